The van der Waals surface area contributed by atoms with E-state index in [9.17, 15) is 9.59 Å². The van der Waals surface area contributed by atoms with Crippen LogP contribution in [0.15, 0.2) is 0 Å². The molecule has 1 atom stereocenters. The Labute approximate surface area is 108 Å². The summed E-state index contributed by atoms with van der Waals surface area (Å²) in [4.78, 5) is 22.2. The molecule has 0 bridgehead atoms. The van der Waals surface area contributed by atoms with Crippen molar-refractivity contribution in [1.29, 1.82) is 0 Å². The minimum atomic E-state index is -0.894. The molecule has 0 aliphatic heterocycles. The summed E-state index contributed by atoms with van der Waals surface area (Å²) in [7, 11) is 0. The maximum Gasteiger partial charge on any atom is 0.315 e. The van der Waals surface area contributed by atoms with E-state index >= 15 is 0 Å². The number of carboxylic acid groups (broad SMARTS) is 1. The molecule has 0 heterocycles. The molecule has 1 saturated carbocycles. The van der Waals surface area contributed by atoms with Gasteiger partial charge in [-0.1, -0.05) is 20.8 Å². The Kier molecular flexibility index (Phi) is 4.99. The summed E-state index contributed by atoms with van der Waals surface area (Å²) in [6, 6.07) is -0.0361. The monoisotopic (exact) mass is 256 g/mol. The number of hydrogen-bond acceptors (Lipinski definition) is 2. The van der Waals surface area contributed by atoms with Crippen molar-refractivity contribution in [1.82, 2.24) is 10.6 Å². The summed E-state index contributed by atoms with van der Waals surface area (Å²) in [6.07, 6.45) is 4.22. The molecule has 0 saturated heterocycles. The van der Waals surface area contributed by atoms with Gasteiger partial charge >= 0.3 is 12.0 Å². The van der Waals surface area contributed by atoms with Gasteiger partial charge < -0.3 is 15.7 Å². The van der Waals surface area contributed by atoms with Crippen LogP contribution in [0.25, 0.3) is 0 Å². The molecule has 3 N–H and O–H groups in total. The second-order valence-corrected chi connectivity index (χ2v) is 6.03. The lowest BCUT2D eigenvalue weighted by atomic mass is 9.76. The normalized spacial score (nSPS) is 21.1. The Morgan fingerprint density at radius 3 is 2.39 bits per heavy atom. The Morgan fingerprint density at radius 2 is 1.89 bits per heavy atom. The van der Waals surface area contributed by atoms with Gasteiger partial charge in [0, 0.05) is 12.6 Å². The predicted octanol–water partition coefficient (Wildman–Crippen LogP) is 1.98. The molecule has 0 aromatic rings. The molecule has 0 spiro atoms. The topological polar surface area (TPSA) is 78.4 Å². The van der Waals surface area contributed by atoms with Crippen molar-refractivity contribution in [3.63, 3.8) is 0 Å². The van der Waals surface area contributed by atoms with Crippen LogP contribution in [0.2, 0.25) is 0 Å². The minimum Gasteiger partial charge on any atom is -0.481 e. The molecule has 1 aliphatic carbocycles. The van der Waals surface area contributed by atoms with E-state index in [1.807, 2.05) is 0 Å². The molecular formula is C13H24N2O3. The number of hydrogen-bond donors (Lipinski definition) is 3. The van der Waals surface area contributed by atoms with Gasteiger partial charge in [-0.2, -0.15) is 0 Å². The summed E-state index contributed by atoms with van der Waals surface area (Å²) in [5.41, 5.74) is 0.381. The highest BCUT2D eigenvalue weighted by atomic mass is 16.4. The molecule has 1 fully saturated rings. The molecule has 0 radical (unpaired) electrons. The lowest BCUT2D eigenvalue weighted by Gasteiger charge is -2.34. The number of carboxylic acids is 1. The lowest BCUT2D eigenvalue weighted by Crippen LogP contribution is -2.46. The van der Waals surface area contributed by atoms with Crippen LogP contribution in [0.4, 0.5) is 4.79 Å². The number of rotatable bonds is 4. The standard InChI is InChI=1S/C13H24N2O3/c1-9(11(16)17)8-14-12(18)15-10-4-6-13(2,3)7-5-10/h9-10H,4-8H2,1-3H3,(H,16,17)(H2,14,15,18). The molecule has 0 aromatic heterocycles. The molecule has 1 aliphatic rings. The van der Waals surface area contributed by atoms with Crippen LogP contribution >= 0.6 is 0 Å². The molecule has 5 heteroatoms. The van der Waals surface area contributed by atoms with Crippen molar-refractivity contribution in [3.8, 4) is 0 Å². The van der Waals surface area contributed by atoms with E-state index in [0.717, 1.165) is 25.7 Å². The van der Waals surface area contributed by atoms with Gasteiger partial charge in [-0.05, 0) is 31.1 Å². The zero-order valence-electron chi connectivity index (χ0n) is 11.5. The van der Waals surface area contributed by atoms with Crippen molar-refractivity contribution < 1.29 is 14.7 Å². The zero-order chi connectivity index (χ0) is 13.8. The van der Waals surface area contributed by atoms with Gasteiger partial charge in [0.15, 0.2) is 0 Å². The highest BCUT2D eigenvalue weighted by molar-refractivity contribution is 5.75. The third-order valence-corrected chi connectivity index (χ3v) is 3.66. The molecule has 18 heavy (non-hydrogen) atoms. The Hall–Kier alpha value is -1.26. The zero-order valence-corrected chi connectivity index (χ0v) is 11.5. The summed E-state index contributed by atoms with van der Waals surface area (Å²) >= 11 is 0. The van der Waals surface area contributed by atoms with E-state index in [0.29, 0.717) is 5.41 Å². The van der Waals surface area contributed by atoms with Crippen molar-refractivity contribution in [2.75, 3.05) is 6.54 Å². The fourth-order valence-corrected chi connectivity index (χ4v) is 2.11. The Morgan fingerprint density at radius 1 is 1.33 bits per heavy atom. The average Bonchev–Trinajstić information content (AvgIpc) is 2.28. The molecule has 0 aromatic carbocycles. The summed E-state index contributed by atoms with van der Waals surface area (Å²) in [5.74, 6) is -1.45. The van der Waals surface area contributed by atoms with E-state index in [1.165, 1.54) is 0 Å². The smallest absolute Gasteiger partial charge is 0.315 e. The van der Waals surface area contributed by atoms with Crippen molar-refractivity contribution in [2.45, 2.75) is 52.5 Å². The second-order valence-electron chi connectivity index (χ2n) is 6.03. The van der Waals surface area contributed by atoms with E-state index < -0.39 is 11.9 Å². The van der Waals surface area contributed by atoms with E-state index in [4.69, 9.17) is 5.11 Å². The van der Waals surface area contributed by atoms with Crippen molar-refractivity contribution in [3.05, 3.63) is 0 Å². The minimum absolute atomic E-state index is 0.166. The van der Waals surface area contributed by atoms with E-state index in [-0.39, 0.29) is 18.6 Å². The first-order valence-electron chi connectivity index (χ1n) is 6.57. The first-order chi connectivity index (χ1) is 8.30. The molecule has 1 unspecified atom stereocenters. The number of carbonyl (C=O) groups excluding carboxylic acids is 1. The van der Waals surface area contributed by atoms with Gasteiger partial charge in [0.25, 0.3) is 0 Å². The summed E-state index contributed by atoms with van der Waals surface area (Å²) in [6.45, 7) is 6.24. The maximum atomic E-state index is 11.6. The highest BCUT2D eigenvalue weighted by Gasteiger charge is 2.27. The maximum absolute atomic E-state index is 11.6. The summed E-state index contributed by atoms with van der Waals surface area (Å²) < 4.78 is 0. The molecular weight excluding hydrogens is 232 g/mol. The van der Waals surface area contributed by atoms with E-state index in [2.05, 4.69) is 24.5 Å². The van der Waals surface area contributed by atoms with Crippen LogP contribution < -0.4 is 10.6 Å². The molecule has 104 valence electrons. The second kappa shape index (κ2) is 6.07. The fraction of sp³-hybridized carbons (Fsp3) is 0.846. The first-order valence-corrected chi connectivity index (χ1v) is 6.57. The third kappa shape index (κ3) is 4.94. The van der Waals surface area contributed by atoms with Crippen LogP contribution in [0.5, 0.6) is 0 Å². The van der Waals surface area contributed by atoms with Gasteiger partial charge in [0.05, 0.1) is 5.92 Å². The lowest BCUT2D eigenvalue weighted by molar-refractivity contribution is -0.140. The Balaban J connectivity index is 2.23. The Bertz CT molecular complexity index is 305. The van der Waals surface area contributed by atoms with Crippen LogP contribution in [0, 0.1) is 11.3 Å². The van der Waals surface area contributed by atoms with Crippen LogP contribution in [0.3, 0.4) is 0 Å². The highest BCUT2D eigenvalue weighted by Crippen LogP contribution is 2.34. The molecule has 2 amide bonds. The van der Waals surface area contributed by atoms with Gasteiger partial charge in [-0.25, -0.2) is 4.79 Å². The fourth-order valence-electron chi connectivity index (χ4n) is 2.11. The van der Waals surface area contributed by atoms with Gasteiger partial charge in [-0.15, -0.1) is 0 Å². The average molecular weight is 256 g/mol. The number of aliphatic carboxylic acids is 1. The van der Waals surface area contributed by atoms with Crippen molar-refractivity contribution >= 4 is 12.0 Å². The van der Waals surface area contributed by atoms with Crippen molar-refractivity contribution in [2.24, 2.45) is 11.3 Å². The quantitative estimate of drug-likeness (QED) is 0.719. The van der Waals surface area contributed by atoms with Gasteiger partial charge in [-0.3, -0.25) is 4.79 Å². The number of urea groups is 1. The number of nitrogens with one attached hydrogen (secondary N) is 2. The predicted molar refractivity (Wildman–Crippen MR) is 69.4 cm³/mol. The number of amides is 2. The van der Waals surface area contributed by atoms with Gasteiger partial charge in [0.1, 0.15) is 0 Å². The van der Waals surface area contributed by atoms with Gasteiger partial charge in [0.2, 0.25) is 0 Å². The summed E-state index contributed by atoms with van der Waals surface area (Å²) in [5, 5.41) is 14.2. The van der Waals surface area contributed by atoms with E-state index in [1.54, 1.807) is 6.92 Å². The third-order valence-electron chi connectivity index (χ3n) is 3.66. The largest absolute Gasteiger partial charge is 0.481 e. The van der Waals surface area contributed by atoms with Crippen LogP contribution in [-0.2, 0) is 4.79 Å². The van der Waals surface area contributed by atoms with Crippen LogP contribution in [-0.4, -0.2) is 29.7 Å². The molecule has 5 nitrogen and oxygen atoms in total. The first kappa shape index (κ1) is 14.8. The SMILES string of the molecule is CC(CNC(=O)NC1CCC(C)(C)CC1)C(=O)O. The number of carbonyl (C=O) groups is 2. The van der Waals surface area contributed by atoms with Crippen LogP contribution in [0.1, 0.15) is 46.5 Å². The molecule has 1 rings (SSSR count).